The summed E-state index contributed by atoms with van der Waals surface area (Å²) in [6, 6.07) is 13.0. The Morgan fingerprint density at radius 2 is 1.76 bits per heavy atom. The first kappa shape index (κ1) is 12.9. The summed E-state index contributed by atoms with van der Waals surface area (Å²) in [6.45, 7) is 0. The lowest BCUT2D eigenvalue weighted by atomic mass is 10.1. The number of rotatable bonds is 3. The predicted molar refractivity (Wildman–Crippen MR) is 79.1 cm³/mol. The maximum atomic E-state index is 11.7. The first-order valence-electron chi connectivity index (χ1n) is 6.27. The van der Waals surface area contributed by atoms with Crippen molar-refractivity contribution in [2.45, 2.75) is 0 Å². The molecule has 1 aromatic heterocycles. The summed E-state index contributed by atoms with van der Waals surface area (Å²) < 4.78 is 5.75. The van der Waals surface area contributed by atoms with E-state index in [1.165, 1.54) is 0 Å². The summed E-state index contributed by atoms with van der Waals surface area (Å²) in [4.78, 5) is 22.1. The van der Waals surface area contributed by atoms with Gasteiger partial charge < -0.3 is 14.8 Å². The minimum absolute atomic E-state index is 0.503. The summed E-state index contributed by atoms with van der Waals surface area (Å²) in [7, 11) is 0. The molecule has 0 atom stereocenters. The normalized spacial score (nSPS) is 11.2. The first-order chi connectivity index (χ1) is 10.1. The zero-order chi connectivity index (χ0) is 14.8. The maximum absolute atomic E-state index is 11.7. The van der Waals surface area contributed by atoms with E-state index in [0.29, 0.717) is 11.3 Å². The fraction of sp³-hybridized carbons (Fsp3) is 0. The molecule has 0 saturated carbocycles. The van der Waals surface area contributed by atoms with Gasteiger partial charge >= 0.3 is 5.97 Å². The highest BCUT2D eigenvalue weighted by atomic mass is 16.4. The lowest BCUT2D eigenvalue weighted by molar-refractivity contribution is -0.131. The highest BCUT2D eigenvalue weighted by molar-refractivity contribution is 6.12. The van der Waals surface area contributed by atoms with E-state index in [2.05, 4.69) is 5.32 Å². The van der Waals surface area contributed by atoms with Crippen LogP contribution in [0.2, 0.25) is 0 Å². The summed E-state index contributed by atoms with van der Waals surface area (Å²) in [5.41, 5.74) is 1.80. The van der Waals surface area contributed by atoms with Gasteiger partial charge in [-0.15, -0.1) is 0 Å². The number of carbonyl (C=O) groups is 2. The number of carboxylic acids is 1. The highest BCUT2D eigenvalue weighted by Crippen LogP contribution is 2.33. The molecule has 3 rings (SSSR count). The summed E-state index contributed by atoms with van der Waals surface area (Å²) in [6.07, 6.45) is 1.75. The number of furan rings is 1. The third-order valence-electron chi connectivity index (χ3n) is 3.04. The molecular weight excluding hydrogens is 270 g/mol. The van der Waals surface area contributed by atoms with Crippen LogP contribution < -0.4 is 5.32 Å². The predicted octanol–water partition coefficient (Wildman–Crippen LogP) is 3.17. The average Bonchev–Trinajstić information content (AvgIpc) is 2.85. The molecule has 5 heteroatoms. The van der Waals surface area contributed by atoms with Crippen molar-refractivity contribution in [1.82, 2.24) is 0 Å². The molecule has 1 heterocycles. The zero-order valence-electron chi connectivity index (χ0n) is 10.9. The van der Waals surface area contributed by atoms with Gasteiger partial charge in [0, 0.05) is 22.9 Å². The summed E-state index contributed by atoms with van der Waals surface area (Å²) >= 11 is 0. The Hall–Kier alpha value is -3.08. The molecule has 0 radical (unpaired) electrons. The van der Waals surface area contributed by atoms with Gasteiger partial charge in [-0.2, -0.15) is 0 Å². The van der Waals surface area contributed by atoms with Crippen molar-refractivity contribution in [3.05, 3.63) is 54.6 Å². The van der Waals surface area contributed by atoms with Crippen LogP contribution in [0.25, 0.3) is 21.9 Å². The Bertz CT molecular complexity index is 876. The van der Waals surface area contributed by atoms with Gasteiger partial charge in [-0.25, -0.2) is 4.79 Å². The molecule has 0 spiro atoms. The van der Waals surface area contributed by atoms with Gasteiger partial charge in [0.2, 0.25) is 5.91 Å². The van der Waals surface area contributed by atoms with Gasteiger partial charge in [-0.1, -0.05) is 30.3 Å². The van der Waals surface area contributed by atoms with E-state index in [0.717, 1.165) is 28.5 Å². The molecule has 21 heavy (non-hydrogen) atoms. The molecular formula is C16H11NO4. The van der Waals surface area contributed by atoms with Crippen LogP contribution in [0.4, 0.5) is 5.69 Å². The number of nitrogens with one attached hydrogen (secondary N) is 1. The number of fused-ring (bicyclic) bond motifs is 3. The van der Waals surface area contributed by atoms with Gasteiger partial charge in [0.05, 0.1) is 5.69 Å². The second-order valence-corrected chi connectivity index (χ2v) is 4.44. The first-order valence-corrected chi connectivity index (χ1v) is 6.27. The fourth-order valence-corrected chi connectivity index (χ4v) is 2.17. The van der Waals surface area contributed by atoms with Crippen molar-refractivity contribution >= 4 is 39.5 Å². The van der Waals surface area contributed by atoms with E-state index in [9.17, 15) is 9.59 Å². The number of benzene rings is 2. The van der Waals surface area contributed by atoms with E-state index in [4.69, 9.17) is 9.52 Å². The van der Waals surface area contributed by atoms with E-state index in [1.54, 1.807) is 12.1 Å². The van der Waals surface area contributed by atoms with Crippen LogP contribution in [0.15, 0.2) is 59.0 Å². The molecule has 0 fully saturated rings. The molecule has 2 aromatic carbocycles. The maximum Gasteiger partial charge on any atom is 0.328 e. The molecule has 0 unspecified atom stereocenters. The van der Waals surface area contributed by atoms with Crippen LogP contribution in [-0.4, -0.2) is 17.0 Å². The molecule has 5 nitrogen and oxygen atoms in total. The second kappa shape index (κ2) is 5.13. The van der Waals surface area contributed by atoms with Crippen molar-refractivity contribution in [1.29, 1.82) is 0 Å². The van der Waals surface area contributed by atoms with E-state index in [1.807, 2.05) is 30.3 Å². The van der Waals surface area contributed by atoms with E-state index < -0.39 is 11.9 Å². The molecule has 0 saturated heterocycles. The number of amides is 1. The number of anilines is 1. The number of carboxylic acid groups (broad SMARTS) is 1. The van der Waals surface area contributed by atoms with Crippen LogP contribution in [0.1, 0.15) is 0 Å². The quantitative estimate of drug-likeness (QED) is 0.723. The minimum atomic E-state index is -1.17. The third kappa shape index (κ3) is 2.49. The Kier molecular flexibility index (Phi) is 3.16. The van der Waals surface area contributed by atoms with Gasteiger partial charge in [-0.05, 0) is 12.1 Å². The number of aliphatic carboxylic acids is 1. The lowest BCUT2D eigenvalue weighted by Gasteiger charge is -2.02. The molecule has 2 N–H and O–H groups in total. The van der Waals surface area contributed by atoms with Crippen molar-refractivity contribution < 1.29 is 19.1 Å². The van der Waals surface area contributed by atoms with Crippen molar-refractivity contribution in [2.24, 2.45) is 0 Å². The van der Waals surface area contributed by atoms with E-state index in [-0.39, 0.29) is 0 Å². The molecule has 0 aliphatic heterocycles. The van der Waals surface area contributed by atoms with Crippen LogP contribution in [0.3, 0.4) is 0 Å². The molecule has 1 amide bonds. The van der Waals surface area contributed by atoms with Crippen LogP contribution >= 0.6 is 0 Å². The molecule has 0 aliphatic rings. The zero-order valence-corrected chi connectivity index (χ0v) is 10.9. The van der Waals surface area contributed by atoms with Gasteiger partial charge in [0.25, 0.3) is 0 Å². The van der Waals surface area contributed by atoms with Crippen molar-refractivity contribution in [2.75, 3.05) is 5.32 Å². The van der Waals surface area contributed by atoms with Crippen LogP contribution in [0.5, 0.6) is 0 Å². The summed E-state index contributed by atoms with van der Waals surface area (Å²) in [5.74, 6) is -1.70. The fourth-order valence-electron chi connectivity index (χ4n) is 2.17. The van der Waals surface area contributed by atoms with Gasteiger partial charge in [0.15, 0.2) is 5.58 Å². The number of carbonyl (C=O) groups excluding carboxylic acids is 1. The molecule has 3 aromatic rings. The molecule has 0 bridgehead atoms. The van der Waals surface area contributed by atoms with Crippen molar-refractivity contribution in [3.8, 4) is 0 Å². The molecule has 104 valence electrons. The third-order valence-corrected chi connectivity index (χ3v) is 3.04. The SMILES string of the molecule is O=C(O)C=CC(=O)Nc1cccc2c1oc1ccccc12. The highest BCUT2D eigenvalue weighted by Gasteiger charge is 2.11. The summed E-state index contributed by atoms with van der Waals surface area (Å²) in [5, 5.41) is 13.0. The number of hydrogen-bond acceptors (Lipinski definition) is 3. The Balaban J connectivity index is 2.03. The minimum Gasteiger partial charge on any atom is -0.478 e. The largest absolute Gasteiger partial charge is 0.478 e. The Labute approximate surface area is 119 Å². The van der Waals surface area contributed by atoms with Crippen molar-refractivity contribution in [3.63, 3.8) is 0 Å². The van der Waals surface area contributed by atoms with Crippen LogP contribution in [-0.2, 0) is 9.59 Å². The van der Waals surface area contributed by atoms with Gasteiger partial charge in [0.1, 0.15) is 5.58 Å². The lowest BCUT2D eigenvalue weighted by Crippen LogP contribution is -2.08. The average molecular weight is 281 g/mol. The van der Waals surface area contributed by atoms with Crippen LogP contribution in [0, 0.1) is 0 Å². The molecule has 0 aliphatic carbocycles. The Morgan fingerprint density at radius 3 is 2.57 bits per heavy atom. The van der Waals surface area contributed by atoms with Gasteiger partial charge in [-0.3, -0.25) is 4.79 Å². The smallest absolute Gasteiger partial charge is 0.328 e. The number of hydrogen-bond donors (Lipinski definition) is 2. The second-order valence-electron chi connectivity index (χ2n) is 4.44. The topological polar surface area (TPSA) is 79.5 Å². The number of para-hydroxylation sites is 2. The standard InChI is InChI=1S/C16H11NO4/c18-14(8-9-15(19)20)17-12-6-3-5-11-10-4-1-2-7-13(10)21-16(11)12/h1-9H,(H,17,18)(H,19,20). The van der Waals surface area contributed by atoms with E-state index >= 15 is 0 Å². The monoisotopic (exact) mass is 281 g/mol. The Morgan fingerprint density at radius 1 is 1.00 bits per heavy atom.